The first kappa shape index (κ1) is 14.0. The first-order valence-corrected chi connectivity index (χ1v) is 7.13. The van der Waals surface area contributed by atoms with Crippen LogP contribution in [0.1, 0.15) is 64.7 Å². The maximum Gasteiger partial charge on any atom is 0.246 e. The Kier molecular flexibility index (Phi) is 8.35. The van der Waals surface area contributed by atoms with Crippen LogP contribution in [-0.2, 0) is 0 Å². The minimum Gasteiger partial charge on any atom is -0.250 e. The Labute approximate surface area is 106 Å². The zero-order chi connectivity index (χ0) is 12.2. The van der Waals surface area contributed by atoms with Gasteiger partial charge in [-0.25, -0.2) is 9.55 Å². The Morgan fingerprint density at radius 1 is 1.00 bits per heavy atom. The molecule has 0 radical (unpaired) electrons. The minimum atomic E-state index is 1.20. The number of aromatic nitrogens is 2. The predicted octanol–water partition coefficient (Wildman–Crippen LogP) is 4.30. The lowest BCUT2D eigenvalue weighted by Gasteiger charge is -1.99. The van der Waals surface area contributed by atoms with Gasteiger partial charge in [-0.15, -0.1) is 0 Å². The lowest BCUT2D eigenvalue weighted by Crippen LogP contribution is -2.20. The Bertz CT molecular complexity index is 275. The van der Waals surface area contributed by atoms with E-state index in [1.807, 2.05) is 23.3 Å². The van der Waals surface area contributed by atoms with E-state index < -0.39 is 0 Å². The van der Waals surface area contributed by atoms with Crippen molar-refractivity contribution in [2.24, 2.45) is 0 Å². The van der Waals surface area contributed by atoms with Crippen LogP contribution in [0.4, 0.5) is 0 Å². The van der Waals surface area contributed by atoms with Gasteiger partial charge in [-0.1, -0.05) is 51.9 Å². The fraction of sp³-hybridized carbons (Fsp3) is 0.667. The molecule has 0 atom stereocenters. The molecule has 1 aromatic rings. The van der Waals surface area contributed by atoms with Crippen LogP contribution in [0.3, 0.4) is 0 Å². The Morgan fingerprint density at radius 3 is 2.35 bits per heavy atom. The molecule has 0 aliphatic carbocycles. The molecule has 0 unspecified atom stereocenters. The number of unbranched alkanes of at least 4 members (excludes halogenated alkanes) is 8. The van der Waals surface area contributed by atoms with Crippen LogP contribution >= 0.6 is 0 Å². The highest BCUT2D eigenvalue weighted by atomic mass is 15.0. The van der Waals surface area contributed by atoms with E-state index in [0.29, 0.717) is 0 Å². The summed E-state index contributed by atoms with van der Waals surface area (Å²) in [6.07, 6.45) is 22.7. The summed E-state index contributed by atoms with van der Waals surface area (Å²) in [5.74, 6) is 0. The molecule has 1 N–H and O–H groups in total. The Hall–Kier alpha value is -1.05. The number of aromatic amines is 1. The van der Waals surface area contributed by atoms with E-state index >= 15 is 0 Å². The number of nitrogens with zero attached hydrogens (tertiary/aromatic N) is 1. The molecular weight excluding hydrogens is 208 g/mol. The van der Waals surface area contributed by atoms with E-state index in [2.05, 4.69) is 24.2 Å². The van der Waals surface area contributed by atoms with Gasteiger partial charge in [-0.2, -0.15) is 0 Å². The smallest absolute Gasteiger partial charge is 0.246 e. The molecule has 0 aliphatic heterocycles. The molecule has 0 saturated heterocycles. The third-order valence-corrected chi connectivity index (χ3v) is 3.07. The van der Waals surface area contributed by atoms with Crippen LogP contribution in [-0.4, -0.2) is 4.98 Å². The zero-order valence-electron chi connectivity index (χ0n) is 11.2. The van der Waals surface area contributed by atoms with Crippen LogP contribution in [0.25, 0.3) is 6.20 Å². The monoisotopic (exact) mass is 235 g/mol. The maximum atomic E-state index is 3.03. The molecule has 2 heteroatoms. The third kappa shape index (κ3) is 7.78. The summed E-state index contributed by atoms with van der Waals surface area (Å²) in [5.41, 5.74) is 0. The summed E-state index contributed by atoms with van der Waals surface area (Å²) in [4.78, 5) is 3.03. The van der Waals surface area contributed by atoms with Gasteiger partial charge < -0.3 is 0 Å². The van der Waals surface area contributed by atoms with Crippen molar-refractivity contribution in [3.63, 3.8) is 0 Å². The van der Waals surface area contributed by atoms with E-state index in [1.165, 1.54) is 57.8 Å². The fourth-order valence-electron chi connectivity index (χ4n) is 1.99. The molecule has 1 aromatic heterocycles. The van der Waals surface area contributed by atoms with Gasteiger partial charge in [-0.05, 0) is 18.9 Å². The maximum absolute atomic E-state index is 3.03. The molecule has 1 heterocycles. The van der Waals surface area contributed by atoms with Crippen LogP contribution in [0.5, 0.6) is 0 Å². The van der Waals surface area contributed by atoms with Crippen molar-refractivity contribution in [3.05, 3.63) is 24.8 Å². The van der Waals surface area contributed by atoms with Crippen molar-refractivity contribution in [3.8, 4) is 0 Å². The SMILES string of the molecule is CCCCCCCCCCC=C[n+]1cc[nH]c1. The molecule has 17 heavy (non-hydrogen) atoms. The van der Waals surface area contributed by atoms with Gasteiger partial charge in [0.15, 0.2) is 0 Å². The normalized spacial score (nSPS) is 11.4. The summed E-state index contributed by atoms with van der Waals surface area (Å²) in [6.45, 7) is 2.27. The molecule has 0 fully saturated rings. The predicted molar refractivity (Wildman–Crippen MR) is 73.5 cm³/mol. The Morgan fingerprint density at radius 2 is 1.71 bits per heavy atom. The molecule has 0 aromatic carbocycles. The first-order valence-electron chi connectivity index (χ1n) is 7.13. The summed E-state index contributed by atoms with van der Waals surface area (Å²) in [7, 11) is 0. The molecule has 96 valence electrons. The number of H-pyrrole nitrogens is 1. The van der Waals surface area contributed by atoms with Gasteiger partial charge in [0.25, 0.3) is 0 Å². The average molecular weight is 235 g/mol. The summed E-state index contributed by atoms with van der Waals surface area (Å²) in [5, 5.41) is 0. The largest absolute Gasteiger partial charge is 0.250 e. The molecule has 0 spiro atoms. The molecule has 0 saturated carbocycles. The van der Waals surface area contributed by atoms with Gasteiger partial charge in [-0.3, -0.25) is 0 Å². The number of allylic oxidation sites excluding steroid dienone is 1. The highest BCUT2D eigenvalue weighted by Crippen LogP contribution is 2.09. The molecule has 0 bridgehead atoms. The van der Waals surface area contributed by atoms with Crippen molar-refractivity contribution in [2.45, 2.75) is 64.7 Å². The van der Waals surface area contributed by atoms with Crippen LogP contribution in [0.2, 0.25) is 0 Å². The topological polar surface area (TPSA) is 19.7 Å². The highest BCUT2D eigenvalue weighted by molar-refractivity contribution is 5.04. The lowest BCUT2D eigenvalue weighted by molar-refractivity contribution is -0.566. The molecule has 1 rings (SSSR count). The third-order valence-electron chi connectivity index (χ3n) is 3.07. The van der Waals surface area contributed by atoms with E-state index in [4.69, 9.17) is 0 Å². The quantitative estimate of drug-likeness (QED) is 0.461. The number of hydrogen-bond donors (Lipinski definition) is 1. The second-order valence-electron chi connectivity index (χ2n) is 4.71. The van der Waals surface area contributed by atoms with Gasteiger partial charge in [0.2, 0.25) is 6.33 Å². The standard InChI is InChI=1S/C15H26N2/c1-2-3-4-5-6-7-8-9-10-11-13-17-14-12-16-15-17/h11-15H,2-10H2,1H3/p+1. The van der Waals surface area contributed by atoms with Gasteiger partial charge in [0.1, 0.15) is 12.4 Å². The first-order chi connectivity index (χ1) is 8.43. The lowest BCUT2D eigenvalue weighted by atomic mass is 10.1. The number of imidazole rings is 1. The van der Waals surface area contributed by atoms with Crippen LogP contribution < -0.4 is 4.57 Å². The molecule has 0 amide bonds. The van der Waals surface area contributed by atoms with E-state index in [0.717, 1.165) is 0 Å². The summed E-state index contributed by atoms with van der Waals surface area (Å²) < 4.78 is 2.05. The van der Waals surface area contributed by atoms with Gasteiger partial charge in [0, 0.05) is 0 Å². The van der Waals surface area contributed by atoms with E-state index in [-0.39, 0.29) is 0 Å². The van der Waals surface area contributed by atoms with Gasteiger partial charge >= 0.3 is 0 Å². The van der Waals surface area contributed by atoms with Crippen molar-refractivity contribution in [2.75, 3.05) is 0 Å². The average Bonchev–Trinajstić information content (AvgIpc) is 2.85. The van der Waals surface area contributed by atoms with Gasteiger partial charge in [0.05, 0.1) is 6.20 Å². The van der Waals surface area contributed by atoms with Crippen molar-refractivity contribution >= 4 is 6.20 Å². The van der Waals surface area contributed by atoms with Crippen LogP contribution in [0.15, 0.2) is 24.8 Å². The second kappa shape index (κ2) is 10.1. The van der Waals surface area contributed by atoms with Crippen LogP contribution in [0, 0.1) is 0 Å². The minimum absolute atomic E-state index is 1.20. The summed E-state index contributed by atoms with van der Waals surface area (Å²) >= 11 is 0. The van der Waals surface area contributed by atoms with E-state index in [1.54, 1.807) is 0 Å². The molecular formula is C15H27N2+. The highest BCUT2D eigenvalue weighted by Gasteiger charge is 1.91. The molecule has 2 nitrogen and oxygen atoms in total. The van der Waals surface area contributed by atoms with Crippen molar-refractivity contribution in [1.82, 2.24) is 4.98 Å². The number of hydrogen-bond acceptors (Lipinski definition) is 0. The molecule has 0 aliphatic rings. The van der Waals surface area contributed by atoms with E-state index in [9.17, 15) is 0 Å². The second-order valence-corrected chi connectivity index (χ2v) is 4.71. The fourth-order valence-corrected chi connectivity index (χ4v) is 1.99. The number of nitrogens with one attached hydrogen (secondary N) is 1. The number of rotatable bonds is 10. The zero-order valence-corrected chi connectivity index (χ0v) is 11.2. The Balaban J connectivity index is 1.84. The van der Waals surface area contributed by atoms with Crippen molar-refractivity contribution < 1.29 is 4.57 Å². The van der Waals surface area contributed by atoms with Crippen molar-refractivity contribution in [1.29, 1.82) is 0 Å². The summed E-state index contributed by atoms with van der Waals surface area (Å²) in [6, 6.07) is 0.